The molecule has 0 radical (unpaired) electrons. The zero-order valence-corrected chi connectivity index (χ0v) is 12.2. The second-order valence-electron chi connectivity index (χ2n) is 5.14. The SMILES string of the molecule is CCc1nccc2ccc(Nc3n[nH]c4cccnc34)cc12. The third-order valence-corrected chi connectivity index (χ3v) is 3.77. The van der Waals surface area contributed by atoms with Crippen LogP contribution in [0, 0.1) is 0 Å². The molecular formula is C17H15N5. The second-order valence-corrected chi connectivity index (χ2v) is 5.14. The van der Waals surface area contributed by atoms with E-state index < -0.39 is 0 Å². The van der Waals surface area contributed by atoms with Crippen molar-refractivity contribution < 1.29 is 0 Å². The van der Waals surface area contributed by atoms with Gasteiger partial charge in [0.1, 0.15) is 5.52 Å². The Balaban J connectivity index is 1.78. The van der Waals surface area contributed by atoms with Crippen molar-refractivity contribution in [2.24, 2.45) is 0 Å². The second kappa shape index (κ2) is 5.11. The first-order chi connectivity index (χ1) is 10.8. The maximum absolute atomic E-state index is 4.45. The molecule has 3 heterocycles. The largest absolute Gasteiger partial charge is 0.337 e. The Bertz CT molecular complexity index is 958. The summed E-state index contributed by atoms with van der Waals surface area (Å²) in [6.07, 6.45) is 4.54. The van der Waals surface area contributed by atoms with Gasteiger partial charge in [-0.25, -0.2) is 0 Å². The number of nitrogens with zero attached hydrogens (tertiary/aromatic N) is 3. The predicted molar refractivity (Wildman–Crippen MR) is 88.3 cm³/mol. The maximum atomic E-state index is 4.45. The first-order valence-electron chi connectivity index (χ1n) is 7.29. The molecule has 0 unspecified atom stereocenters. The summed E-state index contributed by atoms with van der Waals surface area (Å²) < 4.78 is 0. The minimum atomic E-state index is 0.733. The van der Waals surface area contributed by atoms with Crippen molar-refractivity contribution in [3.8, 4) is 0 Å². The number of pyridine rings is 2. The molecule has 0 aliphatic rings. The van der Waals surface area contributed by atoms with Gasteiger partial charge in [-0.15, -0.1) is 0 Å². The van der Waals surface area contributed by atoms with Crippen molar-refractivity contribution in [3.05, 3.63) is 54.5 Å². The van der Waals surface area contributed by atoms with Gasteiger partial charge in [-0.3, -0.25) is 15.1 Å². The Morgan fingerprint density at radius 3 is 2.95 bits per heavy atom. The molecule has 5 nitrogen and oxygen atoms in total. The molecule has 0 aliphatic carbocycles. The van der Waals surface area contributed by atoms with E-state index in [0.717, 1.165) is 34.7 Å². The summed E-state index contributed by atoms with van der Waals surface area (Å²) in [5, 5.41) is 13.0. The highest BCUT2D eigenvalue weighted by Gasteiger charge is 2.08. The van der Waals surface area contributed by atoms with E-state index in [1.54, 1.807) is 6.20 Å². The van der Waals surface area contributed by atoms with Gasteiger partial charge < -0.3 is 5.32 Å². The fourth-order valence-electron chi connectivity index (χ4n) is 2.67. The number of aromatic nitrogens is 4. The molecule has 0 bridgehead atoms. The van der Waals surface area contributed by atoms with Crippen molar-refractivity contribution in [2.45, 2.75) is 13.3 Å². The van der Waals surface area contributed by atoms with Crippen LogP contribution in [0.4, 0.5) is 11.5 Å². The smallest absolute Gasteiger partial charge is 0.178 e. The fourth-order valence-corrected chi connectivity index (χ4v) is 2.67. The quantitative estimate of drug-likeness (QED) is 0.602. The van der Waals surface area contributed by atoms with Gasteiger partial charge in [0.2, 0.25) is 0 Å². The van der Waals surface area contributed by atoms with Crippen molar-refractivity contribution in [1.29, 1.82) is 0 Å². The molecular weight excluding hydrogens is 274 g/mol. The molecule has 108 valence electrons. The number of aromatic amines is 1. The van der Waals surface area contributed by atoms with E-state index in [0.29, 0.717) is 0 Å². The van der Waals surface area contributed by atoms with Crippen LogP contribution < -0.4 is 5.32 Å². The predicted octanol–water partition coefficient (Wildman–Crippen LogP) is 3.81. The highest BCUT2D eigenvalue weighted by atomic mass is 15.2. The van der Waals surface area contributed by atoms with Gasteiger partial charge in [0, 0.05) is 29.2 Å². The lowest BCUT2D eigenvalue weighted by atomic mass is 10.1. The highest BCUT2D eigenvalue weighted by Crippen LogP contribution is 2.26. The number of nitrogens with one attached hydrogen (secondary N) is 2. The Morgan fingerprint density at radius 1 is 1.09 bits per heavy atom. The monoisotopic (exact) mass is 289 g/mol. The third-order valence-electron chi connectivity index (χ3n) is 3.77. The molecule has 0 fully saturated rings. The molecule has 3 aromatic heterocycles. The van der Waals surface area contributed by atoms with Crippen LogP contribution in [0.15, 0.2) is 48.8 Å². The minimum absolute atomic E-state index is 0.733. The number of aryl methyl sites for hydroxylation is 1. The van der Waals surface area contributed by atoms with Crippen molar-refractivity contribution in [1.82, 2.24) is 20.2 Å². The molecule has 0 saturated heterocycles. The Labute approximate surface area is 127 Å². The lowest BCUT2D eigenvalue weighted by molar-refractivity contribution is 1.06. The topological polar surface area (TPSA) is 66.5 Å². The van der Waals surface area contributed by atoms with Crippen LogP contribution in [0.1, 0.15) is 12.6 Å². The number of benzene rings is 1. The van der Waals surface area contributed by atoms with Gasteiger partial charge in [-0.1, -0.05) is 13.0 Å². The van der Waals surface area contributed by atoms with E-state index in [1.807, 2.05) is 30.5 Å². The molecule has 0 amide bonds. The molecule has 0 saturated carbocycles. The van der Waals surface area contributed by atoms with Gasteiger partial charge in [-0.2, -0.15) is 5.10 Å². The summed E-state index contributed by atoms with van der Waals surface area (Å²) in [7, 11) is 0. The first-order valence-corrected chi connectivity index (χ1v) is 7.29. The van der Waals surface area contributed by atoms with Gasteiger partial charge in [-0.05, 0) is 42.1 Å². The Kier molecular flexibility index (Phi) is 2.96. The van der Waals surface area contributed by atoms with E-state index in [2.05, 4.69) is 44.5 Å². The van der Waals surface area contributed by atoms with Crippen molar-refractivity contribution >= 4 is 33.3 Å². The molecule has 22 heavy (non-hydrogen) atoms. The lowest BCUT2D eigenvalue weighted by Crippen LogP contribution is -1.94. The molecule has 0 spiro atoms. The standard InChI is InChI=1S/C17H15N5/c1-2-14-13-10-12(6-5-11(13)7-9-18-14)20-17-16-15(21-22-17)4-3-8-19-16/h3-10H,2H2,1H3,(H2,20,21,22). The summed E-state index contributed by atoms with van der Waals surface area (Å²) in [6, 6.07) is 12.1. The first kappa shape index (κ1) is 12.8. The normalized spacial score (nSPS) is 11.1. The molecule has 4 rings (SSSR count). The number of rotatable bonds is 3. The molecule has 1 aromatic carbocycles. The minimum Gasteiger partial charge on any atom is -0.337 e. The Morgan fingerprint density at radius 2 is 2.05 bits per heavy atom. The number of fused-ring (bicyclic) bond motifs is 2. The van der Waals surface area contributed by atoms with Crippen LogP contribution in [-0.2, 0) is 6.42 Å². The zero-order chi connectivity index (χ0) is 14.9. The van der Waals surface area contributed by atoms with Crippen molar-refractivity contribution in [2.75, 3.05) is 5.32 Å². The van der Waals surface area contributed by atoms with Gasteiger partial charge in [0.25, 0.3) is 0 Å². The average molecular weight is 289 g/mol. The number of anilines is 2. The number of hydrogen-bond acceptors (Lipinski definition) is 4. The van der Waals surface area contributed by atoms with Crippen LogP contribution in [0.5, 0.6) is 0 Å². The summed E-state index contributed by atoms with van der Waals surface area (Å²) in [5.41, 5.74) is 3.84. The number of hydrogen-bond donors (Lipinski definition) is 2. The van der Waals surface area contributed by atoms with E-state index in [9.17, 15) is 0 Å². The zero-order valence-electron chi connectivity index (χ0n) is 12.2. The molecule has 0 aliphatic heterocycles. The summed E-state index contributed by atoms with van der Waals surface area (Å²) >= 11 is 0. The van der Waals surface area contributed by atoms with E-state index in [-0.39, 0.29) is 0 Å². The van der Waals surface area contributed by atoms with Crippen LogP contribution in [0.3, 0.4) is 0 Å². The Hall–Kier alpha value is -2.95. The van der Waals surface area contributed by atoms with Crippen molar-refractivity contribution in [3.63, 3.8) is 0 Å². The van der Waals surface area contributed by atoms with Gasteiger partial charge in [0.15, 0.2) is 5.82 Å². The maximum Gasteiger partial charge on any atom is 0.178 e. The fraction of sp³-hybridized carbons (Fsp3) is 0.118. The average Bonchev–Trinajstić information content (AvgIpc) is 2.97. The van der Waals surface area contributed by atoms with Crippen LogP contribution >= 0.6 is 0 Å². The number of H-pyrrole nitrogens is 1. The molecule has 4 aromatic rings. The lowest BCUT2D eigenvalue weighted by Gasteiger charge is -2.07. The van der Waals surface area contributed by atoms with Crippen LogP contribution in [-0.4, -0.2) is 20.2 Å². The van der Waals surface area contributed by atoms with E-state index in [4.69, 9.17) is 0 Å². The molecule has 5 heteroatoms. The summed E-state index contributed by atoms with van der Waals surface area (Å²) in [5.74, 6) is 0.733. The van der Waals surface area contributed by atoms with E-state index in [1.165, 1.54) is 10.8 Å². The summed E-state index contributed by atoms with van der Waals surface area (Å²) in [4.78, 5) is 8.82. The highest BCUT2D eigenvalue weighted by molar-refractivity contribution is 5.91. The molecule has 0 atom stereocenters. The summed E-state index contributed by atoms with van der Waals surface area (Å²) in [6.45, 7) is 2.12. The molecule has 2 N–H and O–H groups in total. The van der Waals surface area contributed by atoms with Gasteiger partial charge in [0.05, 0.1) is 5.52 Å². The third kappa shape index (κ3) is 2.07. The van der Waals surface area contributed by atoms with E-state index >= 15 is 0 Å². The van der Waals surface area contributed by atoms with Crippen LogP contribution in [0.25, 0.3) is 21.8 Å². The van der Waals surface area contributed by atoms with Gasteiger partial charge >= 0.3 is 0 Å². The van der Waals surface area contributed by atoms with Crippen LogP contribution in [0.2, 0.25) is 0 Å².